The zero-order valence-electron chi connectivity index (χ0n) is 16.2. The molecule has 156 valence electrons. The second-order valence-electron chi connectivity index (χ2n) is 7.02. The molecule has 1 aliphatic heterocycles. The number of nitro groups is 1. The fourth-order valence-electron chi connectivity index (χ4n) is 3.50. The Labute approximate surface area is 174 Å². The van der Waals surface area contributed by atoms with Gasteiger partial charge in [-0.25, -0.2) is 8.42 Å². The van der Waals surface area contributed by atoms with Crippen LogP contribution < -0.4 is 0 Å². The van der Waals surface area contributed by atoms with Crippen molar-refractivity contribution in [2.45, 2.75) is 11.6 Å². The highest BCUT2D eigenvalue weighted by Gasteiger charge is 2.33. The highest BCUT2D eigenvalue weighted by atomic mass is 32.2. The summed E-state index contributed by atoms with van der Waals surface area (Å²) in [6, 6.07) is 15.4. The van der Waals surface area contributed by atoms with Gasteiger partial charge in [0.05, 0.1) is 17.8 Å². The van der Waals surface area contributed by atoms with Crippen molar-refractivity contribution in [2.24, 2.45) is 0 Å². The Kier molecular flexibility index (Phi) is 5.62. The van der Waals surface area contributed by atoms with Crippen molar-refractivity contribution in [3.63, 3.8) is 0 Å². The number of hydrogen-bond donors (Lipinski definition) is 0. The van der Waals surface area contributed by atoms with E-state index in [4.69, 9.17) is 0 Å². The molecule has 0 aliphatic carbocycles. The Morgan fingerprint density at radius 2 is 1.60 bits per heavy atom. The van der Waals surface area contributed by atoms with Gasteiger partial charge < -0.3 is 0 Å². The average Bonchev–Trinajstić information content (AvgIpc) is 3.23. The van der Waals surface area contributed by atoms with Crippen LogP contribution in [0.25, 0.3) is 11.1 Å². The highest BCUT2D eigenvalue weighted by Crippen LogP contribution is 2.27. The van der Waals surface area contributed by atoms with Gasteiger partial charge in [-0.3, -0.25) is 19.7 Å². The molecule has 0 radical (unpaired) electrons. The van der Waals surface area contributed by atoms with Crippen molar-refractivity contribution in [3.05, 3.63) is 77.1 Å². The summed E-state index contributed by atoms with van der Waals surface area (Å²) in [5.41, 5.74) is 1.71. The second-order valence-corrected chi connectivity index (χ2v) is 8.93. The molecule has 0 spiro atoms. The van der Waals surface area contributed by atoms with E-state index in [2.05, 4.69) is 10.00 Å². The van der Waals surface area contributed by atoms with Crippen LogP contribution in [0.1, 0.15) is 0 Å². The quantitative estimate of drug-likeness (QED) is 0.442. The molecule has 0 unspecified atom stereocenters. The molecule has 9 nitrogen and oxygen atoms in total. The van der Waals surface area contributed by atoms with Crippen LogP contribution in [-0.4, -0.2) is 58.5 Å². The molecular weight excluding hydrogens is 406 g/mol. The zero-order valence-corrected chi connectivity index (χ0v) is 17.0. The highest BCUT2D eigenvalue weighted by molar-refractivity contribution is 7.89. The molecule has 4 rings (SSSR count). The van der Waals surface area contributed by atoms with Crippen LogP contribution in [0.4, 0.5) is 5.69 Å². The summed E-state index contributed by atoms with van der Waals surface area (Å²) < 4.78 is 29.0. The van der Waals surface area contributed by atoms with Gasteiger partial charge in [0.1, 0.15) is 0 Å². The van der Waals surface area contributed by atoms with Gasteiger partial charge in [0.2, 0.25) is 10.0 Å². The van der Waals surface area contributed by atoms with Crippen molar-refractivity contribution >= 4 is 15.7 Å². The van der Waals surface area contributed by atoms with E-state index in [0.29, 0.717) is 19.8 Å². The predicted octanol–water partition coefficient (Wildman–Crippen LogP) is 2.42. The first-order valence-electron chi connectivity index (χ1n) is 9.49. The minimum atomic E-state index is -3.92. The number of piperazine rings is 1. The maximum atomic E-state index is 12.9. The molecule has 1 fully saturated rings. The maximum Gasteiger partial charge on any atom is 0.289 e. The molecule has 0 atom stereocenters. The summed E-state index contributed by atoms with van der Waals surface area (Å²) in [5, 5.41) is 15.6. The number of para-hydroxylation sites is 1. The Morgan fingerprint density at radius 1 is 0.933 bits per heavy atom. The van der Waals surface area contributed by atoms with Crippen LogP contribution in [0.15, 0.2) is 71.9 Å². The van der Waals surface area contributed by atoms with Crippen LogP contribution in [0.2, 0.25) is 0 Å². The van der Waals surface area contributed by atoms with Gasteiger partial charge in [-0.05, 0) is 11.6 Å². The number of benzene rings is 2. The van der Waals surface area contributed by atoms with E-state index in [1.807, 2.05) is 47.4 Å². The lowest BCUT2D eigenvalue weighted by Crippen LogP contribution is -2.48. The zero-order chi connectivity index (χ0) is 21.1. The van der Waals surface area contributed by atoms with E-state index in [-0.39, 0.29) is 18.0 Å². The molecule has 30 heavy (non-hydrogen) atoms. The number of hydrogen-bond acceptors (Lipinski definition) is 6. The Morgan fingerprint density at radius 3 is 2.30 bits per heavy atom. The first-order chi connectivity index (χ1) is 14.4. The predicted molar refractivity (Wildman–Crippen MR) is 111 cm³/mol. The third-order valence-corrected chi connectivity index (χ3v) is 7.04. The third kappa shape index (κ3) is 4.11. The minimum Gasteiger partial charge on any atom is -0.282 e. The molecule has 1 aromatic heterocycles. The molecule has 0 bridgehead atoms. The van der Waals surface area contributed by atoms with E-state index >= 15 is 0 Å². The Balaban J connectivity index is 1.41. The van der Waals surface area contributed by atoms with Crippen molar-refractivity contribution in [1.82, 2.24) is 19.0 Å². The average molecular weight is 427 g/mol. The number of sulfonamides is 1. The third-order valence-electron chi connectivity index (χ3n) is 5.10. The number of nitro benzene ring substituents is 1. The van der Waals surface area contributed by atoms with Crippen molar-refractivity contribution < 1.29 is 13.3 Å². The summed E-state index contributed by atoms with van der Waals surface area (Å²) in [6.45, 7) is 2.11. The smallest absolute Gasteiger partial charge is 0.282 e. The fraction of sp³-hybridized carbons (Fsp3) is 0.250. The number of aromatic nitrogens is 2. The molecule has 0 N–H and O–H groups in total. The van der Waals surface area contributed by atoms with Crippen LogP contribution in [0.5, 0.6) is 0 Å². The number of rotatable bonds is 6. The Hall–Kier alpha value is -3.08. The first-order valence-corrected chi connectivity index (χ1v) is 10.9. The van der Waals surface area contributed by atoms with Gasteiger partial charge in [0.15, 0.2) is 4.90 Å². The fourth-order valence-corrected chi connectivity index (χ4v) is 5.08. The van der Waals surface area contributed by atoms with Gasteiger partial charge in [-0.1, -0.05) is 42.5 Å². The van der Waals surface area contributed by atoms with E-state index in [1.165, 1.54) is 28.6 Å². The molecule has 1 saturated heterocycles. The molecule has 3 aromatic rings. The van der Waals surface area contributed by atoms with Gasteiger partial charge >= 0.3 is 0 Å². The minimum absolute atomic E-state index is 0.261. The van der Waals surface area contributed by atoms with Gasteiger partial charge in [-0.15, -0.1) is 0 Å². The monoisotopic (exact) mass is 427 g/mol. The topological polar surface area (TPSA) is 102 Å². The van der Waals surface area contributed by atoms with Crippen LogP contribution in [-0.2, 0) is 16.7 Å². The van der Waals surface area contributed by atoms with Crippen LogP contribution in [0.3, 0.4) is 0 Å². The summed E-state index contributed by atoms with van der Waals surface area (Å²) >= 11 is 0. The lowest BCUT2D eigenvalue weighted by molar-refractivity contribution is -0.387. The molecule has 2 aromatic carbocycles. The van der Waals surface area contributed by atoms with Gasteiger partial charge in [0, 0.05) is 44.0 Å². The summed E-state index contributed by atoms with van der Waals surface area (Å²) in [7, 11) is -3.92. The largest absolute Gasteiger partial charge is 0.289 e. The SMILES string of the molecule is O=[N+]([O-])c1ccccc1S(=O)(=O)N1CCN(Cn2cc(-c3ccccc3)cn2)CC1. The molecule has 1 aliphatic rings. The molecule has 0 saturated carbocycles. The van der Waals surface area contributed by atoms with E-state index in [1.54, 1.807) is 0 Å². The Bertz CT molecular complexity index is 1140. The van der Waals surface area contributed by atoms with Crippen molar-refractivity contribution in [3.8, 4) is 11.1 Å². The molecular formula is C20H21N5O4S. The summed E-state index contributed by atoms with van der Waals surface area (Å²) in [5.74, 6) is 0. The van der Waals surface area contributed by atoms with Gasteiger partial charge in [-0.2, -0.15) is 9.40 Å². The van der Waals surface area contributed by atoms with Crippen molar-refractivity contribution in [1.29, 1.82) is 0 Å². The molecule has 10 heteroatoms. The maximum absolute atomic E-state index is 12.9. The first kappa shape index (κ1) is 20.2. The second kappa shape index (κ2) is 8.34. The van der Waals surface area contributed by atoms with E-state index in [0.717, 1.165) is 11.1 Å². The summed E-state index contributed by atoms with van der Waals surface area (Å²) in [6.07, 6.45) is 3.77. The van der Waals surface area contributed by atoms with Crippen LogP contribution in [0, 0.1) is 10.1 Å². The lowest BCUT2D eigenvalue weighted by atomic mass is 10.1. The van der Waals surface area contributed by atoms with E-state index in [9.17, 15) is 18.5 Å². The molecule has 0 amide bonds. The lowest BCUT2D eigenvalue weighted by Gasteiger charge is -2.33. The normalized spacial score (nSPS) is 15.9. The van der Waals surface area contributed by atoms with Crippen LogP contribution >= 0.6 is 0 Å². The van der Waals surface area contributed by atoms with E-state index < -0.39 is 20.6 Å². The standard InChI is InChI=1S/C20H21N5O4S/c26-25(27)19-8-4-5-9-20(19)30(28,29)24-12-10-22(11-13-24)16-23-15-18(14-21-23)17-6-2-1-3-7-17/h1-9,14-15H,10-13,16H2. The summed E-state index contributed by atoms with van der Waals surface area (Å²) in [4.78, 5) is 12.4. The number of nitrogens with zero attached hydrogens (tertiary/aromatic N) is 5. The van der Waals surface area contributed by atoms with Crippen molar-refractivity contribution in [2.75, 3.05) is 26.2 Å². The van der Waals surface area contributed by atoms with Gasteiger partial charge in [0.25, 0.3) is 5.69 Å². The molecule has 2 heterocycles.